The smallest absolute Gasteiger partial charge is 0.336 e. The Hall–Kier alpha value is -1.32. The van der Waals surface area contributed by atoms with Gasteiger partial charge in [-0.3, -0.25) is 0 Å². The molecule has 0 aliphatic rings. The van der Waals surface area contributed by atoms with E-state index in [1.54, 1.807) is 18.2 Å². The number of carboxylic acids is 1. The number of hydrogen-bond acceptors (Lipinski definition) is 1. The van der Waals surface area contributed by atoms with Crippen LogP contribution in [0.4, 0.5) is 0 Å². The normalized spacial score (nSPS) is 10.2. The van der Waals surface area contributed by atoms with Gasteiger partial charge in [0.05, 0.1) is 5.56 Å². The highest BCUT2D eigenvalue weighted by Crippen LogP contribution is 2.35. The molecule has 0 amide bonds. The quantitative estimate of drug-likeness (QED) is 0.888. The van der Waals surface area contributed by atoms with Crippen LogP contribution in [0.25, 0.3) is 11.1 Å². The van der Waals surface area contributed by atoms with E-state index in [2.05, 4.69) is 15.9 Å². The molecule has 2 rings (SSSR count). The van der Waals surface area contributed by atoms with Crippen LogP contribution in [0.3, 0.4) is 0 Å². The molecule has 0 aliphatic heterocycles. The second kappa shape index (κ2) is 4.90. The summed E-state index contributed by atoms with van der Waals surface area (Å²) >= 11 is 9.49. The average molecular weight is 312 g/mol. The molecule has 0 saturated carbocycles. The lowest BCUT2D eigenvalue weighted by Crippen LogP contribution is -2.00. The van der Waals surface area contributed by atoms with Gasteiger partial charge in [-0.2, -0.15) is 0 Å². The number of benzene rings is 2. The van der Waals surface area contributed by atoms with Crippen molar-refractivity contribution in [2.45, 2.75) is 0 Å². The van der Waals surface area contributed by atoms with Gasteiger partial charge in [-0.05, 0) is 23.8 Å². The second-order valence-electron chi connectivity index (χ2n) is 3.45. The molecule has 0 spiro atoms. The van der Waals surface area contributed by atoms with E-state index in [0.717, 1.165) is 10.0 Å². The molecule has 0 heterocycles. The van der Waals surface area contributed by atoms with Crippen LogP contribution < -0.4 is 0 Å². The van der Waals surface area contributed by atoms with E-state index in [9.17, 15) is 4.79 Å². The Bertz CT molecular complexity index is 581. The highest BCUT2D eigenvalue weighted by molar-refractivity contribution is 9.10. The molecule has 1 N–H and O–H groups in total. The predicted molar refractivity (Wildman–Crippen MR) is 71.5 cm³/mol. The molecular formula is C13H8BrClO2. The van der Waals surface area contributed by atoms with E-state index in [-0.39, 0.29) is 5.56 Å². The van der Waals surface area contributed by atoms with Gasteiger partial charge in [-0.15, -0.1) is 0 Å². The van der Waals surface area contributed by atoms with E-state index in [4.69, 9.17) is 16.7 Å². The molecule has 2 aromatic rings. The maximum atomic E-state index is 11.2. The predicted octanol–water partition coefficient (Wildman–Crippen LogP) is 4.47. The fraction of sp³-hybridized carbons (Fsp3) is 0. The maximum absolute atomic E-state index is 11.2. The van der Waals surface area contributed by atoms with Crippen LogP contribution in [0.15, 0.2) is 46.9 Å². The second-order valence-corrected chi connectivity index (χ2v) is 4.71. The topological polar surface area (TPSA) is 37.3 Å². The molecule has 0 bridgehead atoms. The zero-order chi connectivity index (χ0) is 12.4. The van der Waals surface area contributed by atoms with Gasteiger partial charge in [0.1, 0.15) is 0 Å². The van der Waals surface area contributed by atoms with Crippen molar-refractivity contribution in [3.05, 3.63) is 57.5 Å². The van der Waals surface area contributed by atoms with Crippen molar-refractivity contribution in [3.8, 4) is 11.1 Å². The van der Waals surface area contributed by atoms with Crippen LogP contribution in [0.5, 0.6) is 0 Å². The first-order valence-corrected chi connectivity index (χ1v) is 6.05. The van der Waals surface area contributed by atoms with Gasteiger partial charge in [0, 0.05) is 15.1 Å². The molecule has 0 fully saturated rings. The molecule has 0 aliphatic carbocycles. The van der Waals surface area contributed by atoms with Gasteiger partial charge in [0.15, 0.2) is 0 Å². The zero-order valence-electron chi connectivity index (χ0n) is 8.65. The van der Waals surface area contributed by atoms with Crippen molar-refractivity contribution in [1.82, 2.24) is 0 Å². The molecule has 2 aromatic carbocycles. The van der Waals surface area contributed by atoms with Crippen molar-refractivity contribution in [3.63, 3.8) is 0 Å². The van der Waals surface area contributed by atoms with E-state index in [1.807, 2.05) is 24.3 Å². The van der Waals surface area contributed by atoms with E-state index in [0.29, 0.717) is 10.6 Å². The number of halogens is 2. The van der Waals surface area contributed by atoms with Gasteiger partial charge >= 0.3 is 5.97 Å². The van der Waals surface area contributed by atoms with Crippen LogP contribution in [0.2, 0.25) is 5.02 Å². The summed E-state index contributed by atoms with van der Waals surface area (Å²) in [6, 6.07) is 12.2. The average Bonchev–Trinajstić information content (AvgIpc) is 2.30. The number of aromatic carboxylic acids is 1. The summed E-state index contributed by atoms with van der Waals surface area (Å²) in [6.45, 7) is 0. The molecule has 0 saturated heterocycles. The molecule has 0 radical (unpaired) electrons. The lowest BCUT2D eigenvalue weighted by molar-refractivity contribution is 0.0697. The molecule has 0 aromatic heterocycles. The summed E-state index contributed by atoms with van der Waals surface area (Å²) < 4.78 is 0.815. The molecule has 2 nitrogen and oxygen atoms in total. The fourth-order valence-electron chi connectivity index (χ4n) is 1.64. The monoisotopic (exact) mass is 310 g/mol. The Balaban J connectivity index is 2.75. The van der Waals surface area contributed by atoms with Crippen LogP contribution in [-0.4, -0.2) is 11.1 Å². The lowest BCUT2D eigenvalue weighted by Gasteiger charge is -2.10. The Kier molecular flexibility index (Phi) is 3.50. The Labute approximate surface area is 112 Å². The van der Waals surface area contributed by atoms with Crippen molar-refractivity contribution in [2.24, 2.45) is 0 Å². The molecule has 0 atom stereocenters. The van der Waals surface area contributed by atoms with E-state index >= 15 is 0 Å². The molecular weight excluding hydrogens is 303 g/mol. The first kappa shape index (κ1) is 12.1. The van der Waals surface area contributed by atoms with Gasteiger partial charge in [-0.1, -0.05) is 51.8 Å². The largest absolute Gasteiger partial charge is 0.478 e. The van der Waals surface area contributed by atoms with Gasteiger partial charge in [0.2, 0.25) is 0 Å². The molecule has 86 valence electrons. The highest BCUT2D eigenvalue weighted by Gasteiger charge is 2.16. The van der Waals surface area contributed by atoms with Crippen LogP contribution >= 0.6 is 27.5 Å². The molecule has 0 unspecified atom stereocenters. The number of carboxylic acid groups (broad SMARTS) is 1. The molecule has 17 heavy (non-hydrogen) atoms. The van der Waals surface area contributed by atoms with Gasteiger partial charge < -0.3 is 5.11 Å². The summed E-state index contributed by atoms with van der Waals surface area (Å²) in [7, 11) is 0. The zero-order valence-corrected chi connectivity index (χ0v) is 11.0. The van der Waals surface area contributed by atoms with Crippen LogP contribution in [0.1, 0.15) is 10.4 Å². The first-order valence-electron chi connectivity index (χ1n) is 4.88. The minimum absolute atomic E-state index is 0.199. The van der Waals surface area contributed by atoms with Crippen molar-refractivity contribution in [1.29, 1.82) is 0 Å². The maximum Gasteiger partial charge on any atom is 0.336 e. The summed E-state index contributed by atoms with van der Waals surface area (Å²) in [6.07, 6.45) is 0. The minimum atomic E-state index is -0.988. The summed E-state index contributed by atoms with van der Waals surface area (Å²) in [5.74, 6) is -0.988. The Morgan fingerprint density at radius 2 is 1.82 bits per heavy atom. The number of rotatable bonds is 2. The fourth-order valence-corrected chi connectivity index (χ4v) is 2.40. The van der Waals surface area contributed by atoms with Gasteiger partial charge in [0.25, 0.3) is 0 Å². The third-order valence-electron chi connectivity index (χ3n) is 2.39. The number of carbonyl (C=O) groups is 1. The summed E-state index contributed by atoms with van der Waals surface area (Å²) in [4.78, 5) is 11.2. The lowest BCUT2D eigenvalue weighted by atomic mass is 10.00. The first-order chi connectivity index (χ1) is 8.11. The third kappa shape index (κ3) is 2.35. The van der Waals surface area contributed by atoms with Gasteiger partial charge in [-0.25, -0.2) is 4.79 Å². The Morgan fingerprint density at radius 3 is 2.47 bits per heavy atom. The van der Waals surface area contributed by atoms with Crippen LogP contribution in [-0.2, 0) is 0 Å². The SMILES string of the molecule is O=C(O)c1cccc(Cl)c1-c1ccccc1Br. The van der Waals surface area contributed by atoms with Crippen molar-refractivity contribution in [2.75, 3.05) is 0 Å². The van der Waals surface area contributed by atoms with Crippen molar-refractivity contribution >= 4 is 33.5 Å². The molecule has 4 heteroatoms. The Morgan fingerprint density at radius 1 is 1.12 bits per heavy atom. The van der Waals surface area contributed by atoms with Crippen LogP contribution in [0, 0.1) is 0 Å². The van der Waals surface area contributed by atoms with Crippen molar-refractivity contribution < 1.29 is 9.90 Å². The minimum Gasteiger partial charge on any atom is -0.478 e. The van der Waals surface area contributed by atoms with E-state index < -0.39 is 5.97 Å². The number of hydrogen-bond donors (Lipinski definition) is 1. The summed E-state index contributed by atoms with van der Waals surface area (Å²) in [5, 5.41) is 9.60. The highest BCUT2D eigenvalue weighted by atomic mass is 79.9. The summed E-state index contributed by atoms with van der Waals surface area (Å²) in [5.41, 5.74) is 1.51. The third-order valence-corrected chi connectivity index (χ3v) is 3.39. The van der Waals surface area contributed by atoms with E-state index in [1.165, 1.54) is 0 Å². The standard InChI is InChI=1S/C13H8BrClO2/c14-10-6-2-1-4-8(10)12-9(13(16)17)5-3-7-11(12)15/h1-7H,(H,16,17).